The maximum atomic E-state index is 12.2. The van der Waals surface area contributed by atoms with Crippen LogP contribution in [0.4, 0.5) is 11.5 Å². The van der Waals surface area contributed by atoms with E-state index in [0.29, 0.717) is 29.4 Å². The third-order valence-electron chi connectivity index (χ3n) is 2.61. The number of hydrogen-bond acceptors (Lipinski definition) is 5. The average Bonchev–Trinajstić information content (AvgIpc) is 2.49. The maximum absolute atomic E-state index is 12.2. The van der Waals surface area contributed by atoms with Gasteiger partial charge < -0.3 is 15.5 Å². The minimum atomic E-state index is -0.254. The third kappa shape index (κ3) is 3.24. The van der Waals surface area contributed by atoms with Gasteiger partial charge >= 0.3 is 0 Å². The Bertz CT molecular complexity index is 601. The first-order valence-corrected chi connectivity index (χ1v) is 6.20. The van der Waals surface area contributed by atoms with E-state index in [4.69, 9.17) is 10.6 Å². The number of nitrogen functional groups attached to an aromatic ring is 1. The van der Waals surface area contributed by atoms with Crippen molar-refractivity contribution in [3.05, 3.63) is 48.2 Å². The van der Waals surface area contributed by atoms with Crippen molar-refractivity contribution in [3.63, 3.8) is 0 Å². The lowest BCUT2D eigenvalue weighted by molar-refractivity contribution is 0.102. The Morgan fingerprint density at radius 2 is 2.15 bits per heavy atom. The Balaban J connectivity index is 2.19. The summed E-state index contributed by atoms with van der Waals surface area (Å²) >= 11 is 0. The Morgan fingerprint density at radius 1 is 1.35 bits per heavy atom. The first kappa shape index (κ1) is 13.8. The SMILES string of the molecule is CCOc1ccccc1NC(=O)c1ccnc(NN)c1. The molecule has 0 saturated carbocycles. The number of hydrogen-bond donors (Lipinski definition) is 3. The number of carbonyl (C=O) groups is 1. The summed E-state index contributed by atoms with van der Waals surface area (Å²) in [5, 5.41) is 2.80. The number of pyridine rings is 1. The van der Waals surface area contributed by atoms with Gasteiger partial charge in [0.25, 0.3) is 5.91 Å². The molecular weight excluding hydrogens is 256 g/mol. The molecule has 0 atom stereocenters. The van der Waals surface area contributed by atoms with Crippen molar-refractivity contribution in [2.45, 2.75) is 6.92 Å². The molecule has 1 aromatic heterocycles. The first-order chi connectivity index (χ1) is 9.74. The molecule has 1 amide bonds. The Kier molecular flexibility index (Phi) is 4.52. The highest BCUT2D eigenvalue weighted by Crippen LogP contribution is 2.24. The lowest BCUT2D eigenvalue weighted by atomic mass is 10.2. The summed E-state index contributed by atoms with van der Waals surface area (Å²) in [7, 11) is 0. The van der Waals surface area contributed by atoms with Crippen LogP contribution in [0, 0.1) is 0 Å². The zero-order valence-corrected chi connectivity index (χ0v) is 11.1. The molecule has 2 aromatic rings. The maximum Gasteiger partial charge on any atom is 0.255 e. The number of aromatic nitrogens is 1. The summed E-state index contributed by atoms with van der Waals surface area (Å²) in [6, 6.07) is 10.4. The topological polar surface area (TPSA) is 89.3 Å². The number of rotatable bonds is 5. The number of nitrogens with two attached hydrogens (primary N) is 1. The van der Waals surface area contributed by atoms with Crippen LogP contribution in [-0.2, 0) is 0 Å². The van der Waals surface area contributed by atoms with Crippen LogP contribution in [0.1, 0.15) is 17.3 Å². The molecule has 104 valence electrons. The molecule has 0 aliphatic carbocycles. The van der Waals surface area contributed by atoms with Crippen LogP contribution in [0.15, 0.2) is 42.6 Å². The number of carbonyl (C=O) groups excluding carboxylic acids is 1. The Morgan fingerprint density at radius 3 is 2.90 bits per heavy atom. The predicted molar refractivity (Wildman–Crippen MR) is 77.6 cm³/mol. The number of nitrogens with one attached hydrogen (secondary N) is 2. The molecule has 1 heterocycles. The van der Waals surface area contributed by atoms with Gasteiger partial charge in [0.15, 0.2) is 0 Å². The molecule has 2 rings (SSSR count). The highest BCUT2D eigenvalue weighted by atomic mass is 16.5. The van der Waals surface area contributed by atoms with Crippen molar-refractivity contribution >= 4 is 17.4 Å². The van der Waals surface area contributed by atoms with Gasteiger partial charge in [0, 0.05) is 11.8 Å². The molecule has 0 fully saturated rings. The van der Waals surface area contributed by atoms with Gasteiger partial charge in [-0.2, -0.15) is 0 Å². The van der Waals surface area contributed by atoms with Crippen molar-refractivity contribution in [1.29, 1.82) is 0 Å². The van der Waals surface area contributed by atoms with E-state index in [2.05, 4.69) is 15.7 Å². The second kappa shape index (κ2) is 6.53. The quantitative estimate of drug-likeness (QED) is 0.572. The van der Waals surface area contributed by atoms with Crippen molar-refractivity contribution in [1.82, 2.24) is 4.98 Å². The molecule has 20 heavy (non-hydrogen) atoms. The summed E-state index contributed by atoms with van der Waals surface area (Å²) in [6.45, 7) is 2.42. The van der Waals surface area contributed by atoms with Crippen molar-refractivity contribution < 1.29 is 9.53 Å². The average molecular weight is 272 g/mol. The molecule has 0 radical (unpaired) electrons. The van der Waals surface area contributed by atoms with Crippen LogP contribution < -0.4 is 21.3 Å². The number of nitrogens with zero attached hydrogens (tertiary/aromatic N) is 1. The fourth-order valence-electron chi connectivity index (χ4n) is 1.70. The highest BCUT2D eigenvalue weighted by molar-refractivity contribution is 6.05. The second-order valence-corrected chi connectivity index (χ2v) is 3.96. The van der Waals surface area contributed by atoms with Gasteiger partial charge in [-0.1, -0.05) is 12.1 Å². The number of benzene rings is 1. The normalized spacial score (nSPS) is 9.90. The molecule has 0 aliphatic heterocycles. The Labute approximate surface area is 116 Å². The minimum Gasteiger partial charge on any atom is -0.492 e. The van der Waals surface area contributed by atoms with Crippen molar-refractivity contribution in [2.24, 2.45) is 5.84 Å². The molecule has 0 bridgehead atoms. The van der Waals surface area contributed by atoms with Gasteiger partial charge in [-0.15, -0.1) is 0 Å². The number of amides is 1. The van der Waals surface area contributed by atoms with E-state index in [-0.39, 0.29) is 5.91 Å². The van der Waals surface area contributed by atoms with E-state index >= 15 is 0 Å². The summed E-state index contributed by atoms with van der Waals surface area (Å²) in [4.78, 5) is 16.1. The number of ether oxygens (including phenoxy) is 1. The van der Waals surface area contributed by atoms with Crippen LogP contribution in [0.25, 0.3) is 0 Å². The molecule has 0 unspecified atom stereocenters. The fraction of sp³-hybridized carbons (Fsp3) is 0.143. The zero-order chi connectivity index (χ0) is 14.4. The number of para-hydroxylation sites is 2. The molecule has 6 nitrogen and oxygen atoms in total. The van der Waals surface area contributed by atoms with Crippen LogP contribution in [0.5, 0.6) is 5.75 Å². The van der Waals surface area contributed by atoms with E-state index in [9.17, 15) is 4.79 Å². The zero-order valence-electron chi connectivity index (χ0n) is 11.1. The molecular formula is C14H16N4O2. The van der Waals surface area contributed by atoms with E-state index < -0.39 is 0 Å². The lowest BCUT2D eigenvalue weighted by Crippen LogP contribution is -2.15. The monoisotopic (exact) mass is 272 g/mol. The van der Waals surface area contributed by atoms with Gasteiger partial charge in [0.1, 0.15) is 11.6 Å². The standard InChI is InChI=1S/C14H16N4O2/c1-2-20-12-6-4-3-5-11(12)17-14(19)10-7-8-16-13(9-10)18-15/h3-9H,2,15H2,1H3,(H,16,18)(H,17,19). The molecule has 4 N–H and O–H groups in total. The van der Waals surface area contributed by atoms with Gasteiger partial charge in [-0.25, -0.2) is 10.8 Å². The summed E-state index contributed by atoms with van der Waals surface area (Å²) < 4.78 is 5.46. The summed E-state index contributed by atoms with van der Waals surface area (Å²) in [5.41, 5.74) is 3.48. The molecule has 0 aliphatic rings. The largest absolute Gasteiger partial charge is 0.492 e. The van der Waals surface area contributed by atoms with Crippen molar-refractivity contribution in [3.8, 4) is 5.75 Å². The first-order valence-electron chi connectivity index (χ1n) is 6.20. The smallest absolute Gasteiger partial charge is 0.255 e. The number of hydrazine groups is 1. The summed E-state index contributed by atoms with van der Waals surface area (Å²) in [5.74, 6) is 6.08. The van der Waals surface area contributed by atoms with Gasteiger partial charge in [-0.3, -0.25) is 4.79 Å². The van der Waals surface area contributed by atoms with Crippen LogP contribution in [-0.4, -0.2) is 17.5 Å². The van der Waals surface area contributed by atoms with E-state index in [1.807, 2.05) is 19.1 Å². The molecule has 6 heteroatoms. The predicted octanol–water partition coefficient (Wildman–Crippen LogP) is 2.02. The van der Waals surface area contributed by atoms with Crippen LogP contribution in [0.3, 0.4) is 0 Å². The van der Waals surface area contributed by atoms with Gasteiger partial charge in [0.2, 0.25) is 0 Å². The van der Waals surface area contributed by atoms with Gasteiger partial charge in [0.05, 0.1) is 12.3 Å². The van der Waals surface area contributed by atoms with E-state index in [0.717, 1.165) is 0 Å². The minimum absolute atomic E-state index is 0.254. The third-order valence-corrected chi connectivity index (χ3v) is 2.61. The summed E-state index contributed by atoms with van der Waals surface area (Å²) in [6.07, 6.45) is 1.51. The van der Waals surface area contributed by atoms with Gasteiger partial charge in [-0.05, 0) is 31.2 Å². The molecule has 1 aromatic carbocycles. The number of anilines is 2. The van der Waals surface area contributed by atoms with E-state index in [1.165, 1.54) is 6.20 Å². The second-order valence-electron chi connectivity index (χ2n) is 3.96. The Hall–Kier alpha value is -2.60. The highest BCUT2D eigenvalue weighted by Gasteiger charge is 2.10. The fourth-order valence-corrected chi connectivity index (χ4v) is 1.70. The van der Waals surface area contributed by atoms with Crippen LogP contribution in [0.2, 0.25) is 0 Å². The molecule has 0 saturated heterocycles. The molecule has 0 spiro atoms. The van der Waals surface area contributed by atoms with Crippen LogP contribution >= 0.6 is 0 Å². The lowest BCUT2D eigenvalue weighted by Gasteiger charge is -2.11. The van der Waals surface area contributed by atoms with E-state index in [1.54, 1.807) is 24.3 Å². The van der Waals surface area contributed by atoms with Crippen molar-refractivity contribution in [2.75, 3.05) is 17.3 Å².